The second-order valence-corrected chi connectivity index (χ2v) is 12.4. The molecular weight excluding hydrogens is 595 g/mol. The number of pyridine rings is 1. The van der Waals surface area contributed by atoms with Gasteiger partial charge in [-0.1, -0.05) is 30.3 Å². The predicted octanol–water partition coefficient (Wildman–Crippen LogP) is 5.30. The quantitative estimate of drug-likeness (QED) is 0.203. The fourth-order valence-electron chi connectivity index (χ4n) is 6.30. The number of aromatic nitrogens is 5. The van der Waals surface area contributed by atoms with Crippen LogP contribution in [0.2, 0.25) is 5.02 Å². The highest BCUT2D eigenvalue weighted by Crippen LogP contribution is 2.47. The van der Waals surface area contributed by atoms with Crippen LogP contribution in [0.1, 0.15) is 55.8 Å². The molecule has 10 nitrogen and oxygen atoms in total. The van der Waals surface area contributed by atoms with Crippen LogP contribution >= 0.6 is 11.6 Å². The maximum atomic E-state index is 15.1. The maximum Gasteiger partial charge on any atom is 0.355 e. The van der Waals surface area contributed by atoms with Crippen LogP contribution in [0, 0.1) is 12.4 Å². The summed E-state index contributed by atoms with van der Waals surface area (Å²) in [6.07, 6.45) is 6.65. The molecule has 4 aromatic rings. The molecule has 0 unspecified atom stereocenters. The Balaban J connectivity index is 1.49. The molecular formula is C33H30ClFN8O2. The first-order chi connectivity index (χ1) is 21.8. The van der Waals surface area contributed by atoms with Crippen molar-refractivity contribution in [3.05, 3.63) is 93.4 Å². The Morgan fingerprint density at radius 2 is 1.82 bits per heavy atom. The Kier molecular flexibility index (Phi) is 7.32. The van der Waals surface area contributed by atoms with E-state index in [1.807, 2.05) is 11.8 Å². The molecule has 0 N–H and O–H groups in total. The Morgan fingerprint density at radius 1 is 1.13 bits per heavy atom. The summed E-state index contributed by atoms with van der Waals surface area (Å²) in [7, 11) is 0. The Labute approximate surface area is 264 Å². The number of halogens is 2. The van der Waals surface area contributed by atoms with Crippen LogP contribution in [0.4, 0.5) is 10.2 Å². The van der Waals surface area contributed by atoms with Crippen LogP contribution in [0.25, 0.3) is 32.8 Å². The molecule has 228 valence electrons. The van der Waals surface area contributed by atoms with Crippen LogP contribution < -0.4 is 10.6 Å². The van der Waals surface area contributed by atoms with Gasteiger partial charge >= 0.3 is 5.69 Å². The maximum absolute atomic E-state index is 15.1. The minimum absolute atomic E-state index is 0.0745. The molecule has 4 heterocycles. The molecule has 2 atom stereocenters. The summed E-state index contributed by atoms with van der Waals surface area (Å²) in [6, 6.07) is 7.20. The van der Waals surface area contributed by atoms with Crippen molar-refractivity contribution in [2.75, 3.05) is 24.5 Å². The molecule has 12 heteroatoms. The first kappa shape index (κ1) is 29.0. The number of carbonyl (C=O) groups excluding carboxylic acids is 1. The summed E-state index contributed by atoms with van der Waals surface area (Å²) in [5, 5.41) is 0.685. The van der Waals surface area contributed by atoms with Crippen molar-refractivity contribution in [1.82, 2.24) is 29.4 Å². The summed E-state index contributed by atoms with van der Waals surface area (Å²) in [5.41, 5.74) is 2.29. The van der Waals surface area contributed by atoms with Gasteiger partial charge in [0.25, 0.3) is 0 Å². The summed E-state index contributed by atoms with van der Waals surface area (Å²) in [6.45, 7) is 13.7. The zero-order valence-corrected chi connectivity index (χ0v) is 25.4. The van der Waals surface area contributed by atoms with Gasteiger partial charge in [0.1, 0.15) is 24.0 Å². The number of benzene rings is 1. The lowest BCUT2D eigenvalue weighted by atomic mass is 10.1. The molecule has 1 saturated heterocycles. The van der Waals surface area contributed by atoms with Crippen LogP contribution in [0.3, 0.4) is 0 Å². The summed E-state index contributed by atoms with van der Waals surface area (Å²) in [5.74, 6) is -0.0114. The zero-order chi connectivity index (χ0) is 31.4. The number of hydrogen-bond acceptors (Lipinski definition) is 7. The SMILES string of the molecule is [C-]#[N+]C[C@H]1CN(c2nc(=O)n(-c3c(C4CC4)ncnc3C3CC3)c3nc(-c4ccccc4F)c(Cl)cc23)[C@@H](C)CN1C(=O)C=C. The van der Waals surface area contributed by atoms with Gasteiger partial charge in [0.05, 0.1) is 33.2 Å². The third-order valence-electron chi connectivity index (χ3n) is 8.83. The number of hydrogen-bond donors (Lipinski definition) is 0. The van der Waals surface area contributed by atoms with Crippen molar-refractivity contribution < 1.29 is 9.18 Å². The number of rotatable bonds is 7. The fourth-order valence-corrected chi connectivity index (χ4v) is 6.55. The van der Waals surface area contributed by atoms with Gasteiger partial charge in [0, 0.05) is 36.5 Å². The van der Waals surface area contributed by atoms with Crippen LogP contribution in [-0.2, 0) is 4.79 Å². The molecule has 2 aliphatic carbocycles. The third-order valence-corrected chi connectivity index (χ3v) is 9.12. The van der Waals surface area contributed by atoms with E-state index in [2.05, 4.69) is 26.4 Å². The highest BCUT2D eigenvalue weighted by atomic mass is 35.5. The molecule has 1 aliphatic heterocycles. The lowest BCUT2D eigenvalue weighted by Crippen LogP contribution is -2.60. The predicted molar refractivity (Wildman–Crippen MR) is 169 cm³/mol. The van der Waals surface area contributed by atoms with E-state index in [0.717, 1.165) is 37.1 Å². The standard InChI is InChI=1S/C33H30ClFN8O2/c1-4-26(44)42-15-18(2)41(16-21(42)14-36-3)31-23-13-24(34)29(22-7-5-6-8-25(22)35)39-32(23)43(33(45)40-31)30-27(19-9-10-19)37-17-38-28(30)20-11-12-20/h4-8,13,17-21H,1,9-12,14-16H2,2H3/t18-,21-/m0/s1. The van der Waals surface area contributed by atoms with E-state index < -0.39 is 17.5 Å². The first-order valence-electron chi connectivity index (χ1n) is 15.1. The van der Waals surface area contributed by atoms with Gasteiger partial charge in [-0.15, -0.1) is 0 Å². The van der Waals surface area contributed by atoms with E-state index >= 15 is 4.39 Å². The number of amides is 1. The van der Waals surface area contributed by atoms with E-state index in [1.54, 1.807) is 35.5 Å². The number of fused-ring (bicyclic) bond motifs is 1. The molecule has 1 amide bonds. The Bertz CT molecular complexity index is 1930. The molecule has 0 radical (unpaired) electrons. The van der Waals surface area contributed by atoms with Crippen molar-refractivity contribution in [1.29, 1.82) is 0 Å². The zero-order valence-electron chi connectivity index (χ0n) is 24.7. The fraction of sp³-hybridized carbons (Fsp3) is 0.364. The van der Waals surface area contributed by atoms with E-state index in [4.69, 9.17) is 23.2 Å². The molecule has 0 spiro atoms. The van der Waals surface area contributed by atoms with Crippen molar-refractivity contribution in [2.24, 2.45) is 0 Å². The highest BCUT2D eigenvalue weighted by molar-refractivity contribution is 6.33. The average Bonchev–Trinajstić information content (AvgIpc) is 3.96. The molecule has 2 saturated carbocycles. The van der Waals surface area contributed by atoms with E-state index in [1.165, 1.54) is 16.7 Å². The number of anilines is 1. The molecule has 3 aliphatic rings. The second-order valence-electron chi connectivity index (χ2n) is 12.0. The van der Waals surface area contributed by atoms with Gasteiger partial charge in [-0.2, -0.15) is 4.98 Å². The van der Waals surface area contributed by atoms with Gasteiger partial charge in [-0.05, 0) is 56.9 Å². The van der Waals surface area contributed by atoms with Gasteiger partial charge < -0.3 is 14.6 Å². The van der Waals surface area contributed by atoms with E-state index in [0.29, 0.717) is 23.4 Å². The monoisotopic (exact) mass is 624 g/mol. The minimum atomic E-state index is -0.566. The largest absolute Gasteiger partial charge is 0.355 e. The summed E-state index contributed by atoms with van der Waals surface area (Å²) in [4.78, 5) is 53.0. The number of piperazine rings is 1. The van der Waals surface area contributed by atoms with Gasteiger partial charge in [-0.25, -0.2) is 35.3 Å². The normalized spacial score (nSPS) is 19.9. The number of nitrogens with zero attached hydrogens (tertiary/aromatic N) is 8. The highest BCUT2D eigenvalue weighted by Gasteiger charge is 2.39. The van der Waals surface area contributed by atoms with Crippen LogP contribution in [-0.4, -0.2) is 67.0 Å². The number of carbonyl (C=O) groups is 1. The minimum Gasteiger partial charge on any atom is -0.349 e. The van der Waals surface area contributed by atoms with Crippen molar-refractivity contribution in [3.63, 3.8) is 0 Å². The topological polar surface area (TPSA) is 101 Å². The van der Waals surface area contributed by atoms with E-state index in [-0.39, 0.29) is 58.8 Å². The average molecular weight is 625 g/mol. The molecule has 1 aromatic carbocycles. The molecule has 3 fully saturated rings. The van der Waals surface area contributed by atoms with Crippen molar-refractivity contribution in [3.8, 4) is 16.9 Å². The Hall–Kier alpha value is -4.69. The van der Waals surface area contributed by atoms with Crippen molar-refractivity contribution >= 4 is 34.4 Å². The van der Waals surface area contributed by atoms with Crippen LogP contribution in [0.15, 0.2) is 54.1 Å². The van der Waals surface area contributed by atoms with Gasteiger partial charge in [0.15, 0.2) is 5.65 Å². The smallest absolute Gasteiger partial charge is 0.349 e. The molecule has 3 aromatic heterocycles. The lowest BCUT2D eigenvalue weighted by Gasteiger charge is -2.44. The third kappa shape index (κ3) is 5.13. The van der Waals surface area contributed by atoms with Crippen LogP contribution in [0.5, 0.6) is 0 Å². The summed E-state index contributed by atoms with van der Waals surface area (Å²) >= 11 is 6.85. The van der Waals surface area contributed by atoms with Gasteiger partial charge in [0.2, 0.25) is 12.5 Å². The Morgan fingerprint density at radius 3 is 2.44 bits per heavy atom. The molecule has 0 bridgehead atoms. The van der Waals surface area contributed by atoms with Gasteiger partial charge in [-0.3, -0.25) is 4.79 Å². The first-order valence-corrected chi connectivity index (χ1v) is 15.4. The molecule has 45 heavy (non-hydrogen) atoms. The lowest BCUT2D eigenvalue weighted by molar-refractivity contribution is -0.128. The summed E-state index contributed by atoms with van der Waals surface area (Å²) < 4.78 is 16.6. The molecule has 7 rings (SSSR count). The second kappa shape index (κ2) is 11.3. The van der Waals surface area contributed by atoms with E-state index in [9.17, 15) is 9.59 Å². The van der Waals surface area contributed by atoms with Crippen molar-refractivity contribution in [2.45, 2.75) is 56.5 Å².